The number of hydrogen-bond donors (Lipinski definition) is 1. The number of carbonyl (C=O) groups is 1. The van der Waals surface area contributed by atoms with E-state index in [2.05, 4.69) is 5.32 Å². The van der Waals surface area contributed by atoms with E-state index in [1.165, 1.54) is 18.2 Å². The molecule has 0 aromatic heterocycles. The molecule has 10 heteroatoms. The molecule has 0 aliphatic carbocycles. The number of para-hydroxylation sites is 2. The topological polar surface area (TPSA) is 84.9 Å². The van der Waals surface area contributed by atoms with Crippen molar-refractivity contribution in [3.8, 4) is 5.75 Å². The van der Waals surface area contributed by atoms with E-state index in [4.69, 9.17) is 32.7 Å². The fourth-order valence-electron chi connectivity index (χ4n) is 3.46. The van der Waals surface area contributed by atoms with Crippen LogP contribution in [0, 0.1) is 0 Å². The zero-order valence-corrected chi connectivity index (χ0v) is 19.8. The number of benzene rings is 3. The second kappa shape index (κ2) is 9.61. The predicted octanol–water partition coefficient (Wildman–Crippen LogP) is 4.73. The van der Waals surface area contributed by atoms with Crippen LogP contribution in [0.15, 0.2) is 71.6 Å². The van der Waals surface area contributed by atoms with Gasteiger partial charge in [-0.1, -0.05) is 47.5 Å². The van der Waals surface area contributed by atoms with E-state index in [1.54, 1.807) is 43.5 Å². The number of anilines is 2. The summed E-state index contributed by atoms with van der Waals surface area (Å²) in [4.78, 5) is 12.8. The van der Waals surface area contributed by atoms with E-state index in [0.29, 0.717) is 17.1 Å². The molecule has 0 radical (unpaired) electrons. The van der Waals surface area contributed by atoms with Gasteiger partial charge in [0.1, 0.15) is 11.8 Å². The second-order valence-corrected chi connectivity index (χ2v) is 9.89. The zero-order valence-electron chi connectivity index (χ0n) is 17.5. The summed E-state index contributed by atoms with van der Waals surface area (Å²) >= 11 is 12.0. The molecule has 33 heavy (non-hydrogen) atoms. The summed E-state index contributed by atoms with van der Waals surface area (Å²) in [6, 6.07) is 16.8. The van der Waals surface area contributed by atoms with Crippen molar-refractivity contribution in [3.05, 3.63) is 82.3 Å². The minimum absolute atomic E-state index is 0.0819. The van der Waals surface area contributed by atoms with Gasteiger partial charge >= 0.3 is 0 Å². The molecule has 4 rings (SSSR count). The molecule has 3 aromatic carbocycles. The van der Waals surface area contributed by atoms with Crippen molar-refractivity contribution in [1.29, 1.82) is 0 Å². The quantitative estimate of drug-likeness (QED) is 0.500. The third-order valence-corrected chi connectivity index (χ3v) is 7.69. The van der Waals surface area contributed by atoms with Crippen molar-refractivity contribution in [2.45, 2.75) is 17.5 Å². The summed E-state index contributed by atoms with van der Waals surface area (Å²) in [7, 11) is -2.59. The summed E-state index contributed by atoms with van der Waals surface area (Å²) in [6.45, 7) is 0.0306. The van der Waals surface area contributed by atoms with Crippen LogP contribution in [-0.2, 0) is 26.2 Å². The summed E-state index contributed by atoms with van der Waals surface area (Å²) < 4.78 is 39.3. The molecule has 7 nitrogen and oxygen atoms in total. The number of nitrogens with zero attached hydrogens (tertiary/aromatic N) is 1. The summed E-state index contributed by atoms with van der Waals surface area (Å²) in [6.07, 6.45) is 0. The lowest BCUT2D eigenvalue weighted by Gasteiger charge is -2.36. The lowest BCUT2D eigenvalue weighted by atomic mass is 10.1. The highest BCUT2D eigenvalue weighted by Gasteiger charge is 2.41. The average Bonchev–Trinajstić information content (AvgIpc) is 2.81. The van der Waals surface area contributed by atoms with Crippen LogP contribution in [0.1, 0.15) is 5.56 Å². The van der Waals surface area contributed by atoms with Crippen LogP contribution >= 0.6 is 23.2 Å². The largest absolute Gasteiger partial charge is 0.497 e. The number of methoxy groups -OCH3 is 1. The van der Waals surface area contributed by atoms with Gasteiger partial charge in [0.25, 0.3) is 15.9 Å². The number of rotatable bonds is 7. The lowest BCUT2D eigenvalue weighted by molar-refractivity contribution is -0.118. The fourth-order valence-corrected chi connectivity index (χ4v) is 5.47. The summed E-state index contributed by atoms with van der Waals surface area (Å²) in [5.41, 5.74) is 1.57. The van der Waals surface area contributed by atoms with E-state index >= 15 is 0 Å². The van der Waals surface area contributed by atoms with Crippen molar-refractivity contribution in [2.75, 3.05) is 23.3 Å². The summed E-state index contributed by atoms with van der Waals surface area (Å²) in [5, 5.41) is 3.08. The normalized spacial score (nSPS) is 15.7. The number of nitrogens with one attached hydrogen (secondary N) is 1. The first-order valence-corrected chi connectivity index (χ1v) is 12.1. The van der Waals surface area contributed by atoms with E-state index in [-0.39, 0.29) is 28.2 Å². The van der Waals surface area contributed by atoms with Gasteiger partial charge in [0.15, 0.2) is 0 Å². The van der Waals surface area contributed by atoms with Crippen LogP contribution in [0.2, 0.25) is 10.0 Å². The molecule has 0 unspecified atom stereocenters. The maximum absolute atomic E-state index is 13.6. The smallest absolute Gasteiger partial charge is 0.265 e. The Morgan fingerprint density at radius 3 is 2.42 bits per heavy atom. The Balaban J connectivity index is 1.65. The molecule has 1 aliphatic rings. The molecule has 172 valence electrons. The van der Waals surface area contributed by atoms with E-state index in [9.17, 15) is 13.2 Å². The number of sulfonamides is 1. The molecular formula is C23H20Cl2N2O5S. The Bertz CT molecular complexity index is 1280. The maximum Gasteiger partial charge on any atom is 0.265 e. The number of amides is 1. The Labute approximate surface area is 201 Å². The Hall–Kier alpha value is -2.78. The third kappa shape index (κ3) is 4.79. The monoisotopic (exact) mass is 506 g/mol. The van der Waals surface area contributed by atoms with Crippen molar-refractivity contribution in [2.24, 2.45) is 0 Å². The molecule has 1 N–H and O–H groups in total. The lowest BCUT2D eigenvalue weighted by Crippen LogP contribution is -2.53. The fraction of sp³-hybridized carbons (Fsp3) is 0.174. The minimum atomic E-state index is -4.17. The Kier molecular flexibility index (Phi) is 6.81. The number of hydrogen-bond acceptors (Lipinski definition) is 5. The first kappa shape index (κ1) is 23.4. The van der Waals surface area contributed by atoms with Gasteiger partial charge in [-0.15, -0.1) is 0 Å². The first-order valence-electron chi connectivity index (χ1n) is 9.91. The number of ether oxygens (including phenoxy) is 2. The highest BCUT2D eigenvalue weighted by molar-refractivity contribution is 7.93. The van der Waals surface area contributed by atoms with E-state index < -0.39 is 22.0 Å². The van der Waals surface area contributed by atoms with Gasteiger partial charge in [-0.3, -0.25) is 4.79 Å². The average molecular weight is 507 g/mol. The van der Waals surface area contributed by atoms with E-state index in [0.717, 1.165) is 9.87 Å². The van der Waals surface area contributed by atoms with Gasteiger partial charge in [-0.25, -0.2) is 12.7 Å². The van der Waals surface area contributed by atoms with Crippen molar-refractivity contribution >= 4 is 50.5 Å². The highest BCUT2D eigenvalue weighted by atomic mass is 35.5. The van der Waals surface area contributed by atoms with E-state index in [1.807, 2.05) is 12.1 Å². The molecule has 1 amide bonds. The van der Waals surface area contributed by atoms with Gasteiger partial charge < -0.3 is 14.8 Å². The van der Waals surface area contributed by atoms with Crippen LogP contribution in [0.25, 0.3) is 0 Å². The van der Waals surface area contributed by atoms with Gasteiger partial charge in [0.2, 0.25) is 0 Å². The van der Waals surface area contributed by atoms with Gasteiger partial charge in [0.05, 0.1) is 46.6 Å². The number of halogens is 2. The van der Waals surface area contributed by atoms with Crippen molar-refractivity contribution in [1.82, 2.24) is 0 Å². The van der Waals surface area contributed by atoms with Crippen LogP contribution < -0.4 is 14.4 Å². The molecule has 0 bridgehead atoms. The van der Waals surface area contributed by atoms with Crippen molar-refractivity contribution in [3.63, 3.8) is 0 Å². The minimum Gasteiger partial charge on any atom is -0.497 e. The van der Waals surface area contributed by atoms with Gasteiger partial charge in [-0.05, 0) is 48.0 Å². The molecule has 0 saturated carbocycles. The molecular weight excluding hydrogens is 487 g/mol. The third-order valence-electron chi connectivity index (χ3n) is 5.14. The molecule has 1 aliphatic heterocycles. The Morgan fingerprint density at radius 1 is 1.00 bits per heavy atom. The molecule has 3 aromatic rings. The molecule has 1 atom stereocenters. The van der Waals surface area contributed by atoms with Crippen LogP contribution in [0.3, 0.4) is 0 Å². The molecule has 0 spiro atoms. The molecule has 0 saturated heterocycles. The standard InChI is InChI=1S/C23H20Cl2N2O5S/c1-31-16-8-6-15(7-9-16)13-32-14-22-23(28)26-20-4-2-3-5-21(20)27(22)33(29,30)17-10-11-18(24)19(25)12-17/h2-12,22H,13-14H2,1H3,(H,26,28)/t22-/m1/s1. The van der Waals surface area contributed by atoms with Gasteiger partial charge in [-0.2, -0.15) is 0 Å². The highest BCUT2D eigenvalue weighted by Crippen LogP contribution is 2.37. The number of carbonyl (C=O) groups excluding carboxylic acids is 1. The Morgan fingerprint density at radius 2 is 1.73 bits per heavy atom. The summed E-state index contributed by atoms with van der Waals surface area (Å²) in [5.74, 6) is 0.216. The first-order chi connectivity index (χ1) is 15.8. The van der Waals surface area contributed by atoms with Crippen molar-refractivity contribution < 1.29 is 22.7 Å². The van der Waals surface area contributed by atoms with Crippen LogP contribution in [-0.4, -0.2) is 34.1 Å². The maximum atomic E-state index is 13.6. The molecule has 1 heterocycles. The zero-order chi connectivity index (χ0) is 23.6. The second-order valence-electron chi connectivity index (χ2n) is 7.26. The van der Waals surface area contributed by atoms with Crippen LogP contribution in [0.4, 0.5) is 11.4 Å². The predicted molar refractivity (Wildman–Crippen MR) is 128 cm³/mol. The number of fused-ring (bicyclic) bond motifs is 1. The SMILES string of the molecule is COc1ccc(COC[C@@H]2C(=O)Nc3ccccc3N2S(=O)(=O)c2ccc(Cl)c(Cl)c2)cc1. The van der Waals surface area contributed by atoms with Crippen LogP contribution in [0.5, 0.6) is 5.75 Å². The molecule has 0 fully saturated rings. The van der Waals surface area contributed by atoms with Gasteiger partial charge in [0, 0.05) is 0 Å².